The predicted octanol–water partition coefficient (Wildman–Crippen LogP) is 4.74. The average Bonchev–Trinajstić information content (AvgIpc) is 2.39. The zero-order chi connectivity index (χ0) is 14.2. The molecule has 1 unspecified atom stereocenters. The first kappa shape index (κ1) is 14.4. The Bertz CT molecular complexity index is 631. The average molecular weight is 347 g/mol. The normalized spacial score (nSPS) is 12.5. The van der Waals surface area contributed by atoms with E-state index >= 15 is 0 Å². The summed E-state index contributed by atoms with van der Waals surface area (Å²) in [5.41, 5.74) is 6.86. The van der Waals surface area contributed by atoms with Gasteiger partial charge in [0.15, 0.2) is 11.6 Å². The molecular formula is C14H11BrClF2N. The number of hydrogen-bond acceptors (Lipinski definition) is 1. The summed E-state index contributed by atoms with van der Waals surface area (Å²) >= 11 is 9.39. The highest BCUT2D eigenvalue weighted by Gasteiger charge is 2.20. The molecule has 2 aromatic carbocycles. The van der Waals surface area contributed by atoms with Gasteiger partial charge in [-0.2, -0.15) is 0 Å². The van der Waals surface area contributed by atoms with Crippen LogP contribution in [0, 0.1) is 18.6 Å². The fourth-order valence-corrected chi connectivity index (χ4v) is 2.45. The Kier molecular flexibility index (Phi) is 4.23. The van der Waals surface area contributed by atoms with E-state index in [1.165, 1.54) is 19.1 Å². The first-order valence-corrected chi connectivity index (χ1v) is 6.74. The van der Waals surface area contributed by atoms with Gasteiger partial charge in [0.05, 0.1) is 11.1 Å². The molecule has 0 bridgehead atoms. The van der Waals surface area contributed by atoms with E-state index in [-0.39, 0.29) is 11.1 Å². The molecule has 0 fully saturated rings. The van der Waals surface area contributed by atoms with E-state index in [0.717, 1.165) is 0 Å². The van der Waals surface area contributed by atoms with Crippen LogP contribution in [0.2, 0.25) is 5.02 Å². The second-order valence-corrected chi connectivity index (χ2v) is 5.45. The molecule has 0 amide bonds. The molecule has 100 valence electrons. The van der Waals surface area contributed by atoms with Crippen molar-refractivity contribution in [3.8, 4) is 0 Å². The van der Waals surface area contributed by atoms with E-state index in [9.17, 15) is 8.78 Å². The third kappa shape index (κ3) is 2.66. The maximum absolute atomic E-state index is 13.9. The van der Waals surface area contributed by atoms with Crippen molar-refractivity contribution in [1.29, 1.82) is 0 Å². The molecule has 0 heterocycles. The molecule has 0 spiro atoms. The third-order valence-corrected chi connectivity index (χ3v) is 4.27. The van der Waals surface area contributed by atoms with E-state index in [4.69, 9.17) is 17.3 Å². The minimum atomic E-state index is -0.927. The number of nitrogens with two attached hydrogens (primary N) is 1. The van der Waals surface area contributed by atoms with Crippen molar-refractivity contribution in [2.24, 2.45) is 5.73 Å². The van der Waals surface area contributed by atoms with Gasteiger partial charge in [-0.1, -0.05) is 35.9 Å². The maximum atomic E-state index is 13.9. The van der Waals surface area contributed by atoms with E-state index in [1.54, 1.807) is 18.2 Å². The fraction of sp³-hybridized carbons (Fsp3) is 0.143. The van der Waals surface area contributed by atoms with Gasteiger partial charge in [-0.15, -0.1) is 0 Å². The lowest BCUT2D eigenvalue weighted by Gasteiger charge is -2.16. The molecule has 0 saturated heterocycles. The minimum Gasteiger partial charge on any atom is -0.320 e. The molecule has 1 nitrogen and oxygen atoms in total. The lowest BCUT2D eigenvalue weighted by molar-refractivity contribution is 0.489. The highest BCUT2D eigenvalue weighted by atomic mass is 79.9. The maximum Gasteiger partial charge on any atom is 0.164 e. The standard InChI is InChI=1S/C14H11BrClF2N/c1-7-5-6-9(13(18)12(7)17)14(19)8-3-2-4-10(15)11(8)16/h2-6,14H,19H2,1H3. The zero-order valence-corrected chi connectivity index (χ0v) is 12.4. The van der Waals surface area contributed by atoms with E-state index in [2.05, 4.69) is 15.9 Å². The number of benzene rings is 2. The molecule has 0 aliphatic heterocycles. The Labute approximate surface area is 123 Å². The smallest absolute Gasteiger partial charge is 0.164 e. The van der Waals surface area contributed by atoms with Crippen molar-refractivity contribution in [2.75, 3.05) is 0 Å². The molecular weight excluding hydrogens is 336 g/mol. The van der Waals surface area contributed by atoms with Gasteiger partial charge in [-0.3, -0.25) is 0 Å². The van der Waals surface area contributed by atoms with Gasteiger partial charge < -0.3 is 5.73 Å². The van der Waals surface area contributed by atoms with Crippen molar-refractivity contribution >= 4 is 27.5 Å². The molecule has 2 aromatic rings. The van der Waals surface area contributed by atoms with Crippen LogP contribution in [-0.4, -0.2) is 0 Å². The summed E-state index contributed by atoms with van der Waals surface area (Å²) in [6.45, 7) is 1.50. The Hall–Kier alpha value is -0.970. The van der Waals surface area contributed by atoms with Crippen LogP contribution in [0.3, 0.4) is 0 Å². The first-order valence-electron chi connectivity index (χ1n) is 5.57. The van der Waals surface area contributed by atoms with Crippen LogP contribution in [0.4, 0.5) is 8.78 Å². The van der Waals surface area contributed by atoms with Crippen LogP contribution in [0.1, 0.15) is 22.7 Å². The molecule has 1 atom stereocenters. The topological polar surface area (TPSA) is 26.0 Å². The fourth-order valence-electron chi connectivity index (χ4n) is 1.83. The van der Waals surface area contributed by atoms with Gasteiger partial charge in [0.1, 0.15) is 0 Å². The van der Waals surface area contributed by atoms with Gasteiger partial charge >= 0.3 is 0 Å². The molecule has 0 saturated carbocycles. The SMILES string of the molecule is Cc1ccc(C(N)c2cccc(Br)c2Cl)c(F)c1F. The molecule has 19 heavy (non-hydrogen) atoms. The summed E-state index contributed by atoms with van der Waals surface area (Å²) in [6, 6.07) is 7.35. The van der Waals surface area contributed by atoms with Crippen molar-refractivity contribution in [3.63, 3.8) is 0 Å². The molecule has 0 aromatic heterocycles. The second kappa shape index (κ2) is 5.57. The number of rotatable bonds is 2. The van der Waals surface area contributed by atoms with E-state index in [1.807, 2.05) is 0 Å². The van der Waals surface area contributed by atoms with Gasteiger partial charge in [0.25, 0.3) is 0 Å². The Balaban J connectivity index is 2.53. The molecule has 0 radical (unpaired) electrons. The van der Waals surface area contributed by atoms with Crippen LogP contribution >= 0.6 is 27.5 Å². The van der Waals surface area contributed by atoms with Crippen LogP contribution in [-0.2, 0) is 0 Å². The number of halogens is 4. The van der Waals surface area contributed by atoms with Crippen molar-refractivity contribution < 1.29 is 8.78 Å². The summed E-state index contributed by atoms with van der Waals surface area (Å²) in [5, 5.41) is 0.399. The second-order valence-electron chi connectivity index (χ2n) is 4.22. The lowest BCUT2D eigenvalue weighted by atomic mass is 9.98. The minimum absolute atomic E-state index is 0.0862. The van der Waals surface area contributed by atoms with Gasteiger partial charge in [0, 0.05) is 10.0 Å². The number of hydrogen-bond donors (Lipinski definition) is 1. The molecule has 0 aliphatic rings. The number of aryl methyl sites for hydroxylation is 1. The van der Waals surface area contributed by atoms with Crippen LogP contribution in [0.15, 0.2) is 34.8 Å². The highest BCUT2D eigenvalue weighted by Crippen LogP contribution is 2.33. The summed E-state index contributed by atoms with van der Waals surface area (Å²) in [6.07, 6.45) is 0. The van der Waals surface area contributed by atoms with E-state index in [0.29, 0.717) is 15.1 Å². The quantitative estimate of drug-likeness (QED) is 0.835. The van der Waals surface area contributed by atoms with Crippen molar-refractivity contribution in [1.82, 2.24) is 0 Å². The zero-order valence-electron chi connectivity index (χ0n) is 10.1. The third-order valence-electron chi connectivity index (χ3n) is 2.96. The lowest BCUT2D eigenvalue weighted by Crippen LogP contribution is -2.15. The first-order chi connectivity index (χ1) is 8.93. The summed E-state index contributed by atoms with van der Waals surface area (Å²) in [7, 11) is 0. The summed E-state index contributed by atoms with van der Waals surface area (Å²) < 4.78 is 28.2. The Morgan fingerprint density at radius 2 is 1.79 bits per heavy atom. The van der Waals surface area contributed by atoms with Gasteiger partial charge in [-0.25, -0.2) is 8.78 Å². The van der Waals surface area contributed by atoms with E-state index < -0.39 is 17.7 Å². The summed E-state index contributed by atoms with van der Waals surface area (Å²) in [5.74, 6) is -1.80. The Morgan fingerprint density at radius 1 is 1.11 bits per heavy atom. The van der Waals surface area contributed by atoms with Gasteiger partial charge in [-0.05, 0) is 40.0 Å². The highest BCUT2D eigenvalue weighted by molar-refractivity contribution is 9.10. The molecule has 2 rings (SSSR count). The molecule has 2 N–H and O–H groups in total. The monoisotopic (exact) mass is 345 g/mol. The summed E-state index contributed by atoms with van der Waals surface area (Å²) in [4.78, 5) is 0. The van der Waals surface area contributed by atoms with Gasteiger partial charge in [0.2, 0.25) is 0 Å². The van der Waals surface area contributed by atoms with Crippen molar-refractivity contribution in [2.45, 2.75) is 13.0 Å². The molecule has 0 aliphatic carbocycles. The largest absolute Gasteiger partial charge is 0.320 e. The Morgan fingerprint density at radius 3 is 2.47 bits per heavy atom. The van der Waals surface area contributed by atoms with Crippen LogP contribution in [0.5, 0.6) is 0 Å². The van der Waals surface area contributed by atoms with Crippen LogP contribution < -0.4 is 5.73 Å². The molecule has 5 heteroatoms. The van der Waals surface area contributed by atoms with Crippen molar-refractivity contribution in [3.05, 3.63) is 68.2 Å². The van der Waals surface area contributed by atoms with Crippen LogP contribution in [0.25, 0.3) is 0 Å². The predicted molar refractivity (Wildman–Crippen MR) is 76.3 cm³/mol.